The highest BCUT2D eigenvalue weighted by molar-refractivity contribution is 5.86. The van der Waals surface area contributed by atoms with Crippen LogP contribution in [0.3, 0.4) is 0 Å². The number of halogens is 3. The van der Waals surface area contributed by atoms with Gasteiger partial charge in [-0.05, 0) is 12.6 Å². The van der Waals surface area contributed by atoms with E-state index in [4.69, 9.17) is 0 Å². The molecule has 2 N–H and O–H groups in total. The van der Waals surface area contributed by atoms with E-state index in [-0.39, 0.29) is 43.1 Å². The van der Waals surface area contributed by atoms with Crippen molar-refractivity contribution in [2.24, 2.45) is 0 Å². The van der Waals surface area contributed by atoms with Gasteiger partial charge in [0.2, 0.25) is 5.91 Å². The quantitative estimate of drug-likeness (QED) is 0.682. The highest BCUT2D eigenvalue weighted by Crippen LogP contribution is 2.07. The summed E-state index contributed by atoms with van der Waals surface area (Å²) in [4.78, 5) is 16.4. The molecular formula is C17H31Cl3N4O. The number of hydrogen-bond donors (Lipinski definition) is 2. The number of nitrogens with one attached hydrogen (secondary N) is 2. The summed E-state index contributed by atoms with van der Waals surface area (Å²) in [5.74, 6) is 0.136. The van der Waals surface area contributed by atoms with E-state index in [0.29, 0.717) is 6.42 Å². The maximum Gasteiger partial charge on any atom is 0.221 e. The van der Waals surface area contributed by atoms with Crippen molar-refractivity contribution >= 4 is 43.1 Å². The molecule has 0 spiro atoms. The molecule has 1 aromatic rings. The Morgan fingerprint density at radius 1 is 0.960 bits per heavy atom. The maximum absolute atomic E-state index is 11.5. The average molecular weight is 414 g/mol. The Bertz CT molecular complexity index is 443. The van der Waals surface area contributed by atoms with Crippen LogP contribution in [-0.2, 0) is 11.3 Å². The first-order chi connectivity index (χ1) is 10.8. The van der Waals surface area contributed by atoms with E-state index in [1.165, 1.54) is 5.56 Å². The van der Waals surface area contributed by atoms with Gasteiger partial charge in [-0.1, -0.05) is 30.3 Å². The lowest BCUT2D eigenvalue weighted by Crippen LogP contribution is -2.48. The van der Waals surface area contributed by atoms with E-state index < -0.39 is 0 Å². The van der Waals surface area contributed by atoms with Crippen molar-refractivity contribution in [3.05, 3.63) is 35.9 Å². The van der Waals surface area contributed by atoms with Crippen molar-refractivity contribution in [3.8, 4) is 0 Å². The van der Waals surface area contributed by atoms with Crippen LogP contribution >= 0.6 is 37.2 Å². The molecule has 1 amide bonds. The molecular weight excluding hydrogens is 383 g/mol. The second-order valence-corrected chi connectivity index (χ2v) is 5.81. The fourth-order valence-electron chi connectivity index (χ4n) is 2.69. The van der Waals surface area contributed by atoms with Crippen LogP contribution in [0.5, 0.6) is 0 Å². The third kappa shape index (κ3) is 10.9. The van der Waals surface area contributed by atoms with Crippen LogP contribution in [0, 0.1) is 0 Å². The lowest BCUT2D eigenvalue weighted by Gasteiger charge is -2.34. The zero-order valence-electron chi connectivity index (χ0n) is 14.8. The van der Waals surface area contributed by atoms with Gasteiger partial charge >= 0.3 is 0 Å². The van der Waals surface area contributed by atoms with Crippen molar-refractivity contribution in [1.82, 2.24) is 20.4 Å². The molecule has 1 fully saturated rings. The van der Waals surface area contributed by atoms with Gasteiger partial charge in [-0.25, -0.2) is 0 Å². The maximum atomic E-state index is 11.5. The van der Waals surface area contributed by atoms with Crippen LogP contribution in [0.1, 0.15) is 12.0 Å². The van der Waals surface area contributed by atoms with Crippen LogP contribution in [0.4, 0.5) is 0 Å². The highest BCUT2D eigenvalue weighted by Gasteiger charge is 2.16. The lowest BCUT2D eigenvalue weighted by atomic mass is 10.2. The Balaban J connectivity index is 0. The molecule has 1 aliphatic heterocycles. The monoisotopic (exact) mass is 412 g/mol. The summed E-state index contributed by atoms with van der Waals surface area (Å²) in [5.41, 5.74) is 1.38. The van der Waals surface area contributed by atoms with Crippen LogP contribution in [0.25, 0.3) is 0 Å². The number of amides is 1. The number of rotatable bonds is 8. The zero-order valence-corrected chi connectivity index (χ0v) is 17.2. The van der Waals surface area contributed by atoms with Crippen molar-refractivity contribution < 1.29 is 4.79 Å². The molecule has 2 rings (SSSR count). The third-order valence-electron chi connectivity index (χ3n) is 4.07. The first kappa shape index (κ1) is 26.7. The summed E-state index contributed by atoms with van der Waals surface area (Å²) >= 11 is 0. The second kappa shape index (κ2) is 15.7. The third-order valence-corrected chi connectivity index (χ3v) is 4.07. The van der Waals surface area contributed by atoms with Crippen molar-refractivity contribution in [2.75, 3.05) is 52.9 Å². The molecule has 0 aliphatic carbocycles. The molecule has 0 bridgehead atoms. The molecule has 1 aromatic carbocycles. The predicted molar refractivity (Wildman–Crippen MR) is 111 cm³/mol. The normalized spacial score (nSPS) is 14.6. The van der Waals surface area contributed by atoms with Crippen molar-refractivity contribution in [1.29, 1.82) is 0 Å². The molecule has 1 heterocycles. The molecule has 0 aromatic heterocycles. The van der Waals surface area contributed by atoms with Gasteiger partial charge in [-0.2, -0.15) is 0 Å². The Hall–Kier alpha value is -0.560. The number of hydrogen-bond acceptors (Lipinski definition) is 4. The summed E-state index contributed by atoms with van der Waals surface area (Å²) in [6, 6.07) is 10.6. The minimum atomic E-state index is 0. The fraction of sp³-hybridized carbons (Fsp3) is 0.588. The number of carbonyl (C=O) groups is 1. The number of carbonyl (C=O) groups excluding carboxylic acids is 1. The fourth-order valence-corrected chi connectivity index (χ4v) is 2.69. The Kier molecular flexibility index (Phi) is 16.7. The highest BCUT2D eigenvalue weighted by atomic mass is 35.5. The Labute approximate surface area is 170 Å². The molecule has 8 heteroatoms. The lowest BCUT2D eigenvalue weighted by molar-refractivity contribution is -0.121. The smallest absolute Gasteiger partial charge is 0.221 e. The van der Waals surface area contributed by atoms with E-state index in [9.17, 15) is 4.79 Å². The molecule has 1 aliphatic rings. The molecule has 0 saturated carbocycles. The Morgan fingerprint density at radius 3 is 2.16 bits per heavy atom. The van der Waals surface area contributed by atoms with Gasteiger partial charge in [-0.3, -0.25) is 14.6 Å². The SMILES string of the molecule is CNCCC(=O)NCCN1CCN(Cc2ccccc2)CC1.Cl.Cl.Cl. The number of nitrogens with zero attached hydrogens (tertiary/aromatic N) is 2. The van der Waals surface area contributed by atoms with E-state index in [1.807, 2.05) is 7.05 Å². The largest absolute Gasteiger partial charge is 0.355 e. The predicted octanol–water partition coefficient (Wildman–Crippen LogP) is 1.80. The van der Waals surface area contributed by atoms with Gasteiger partial charge < -0.3 is 10.6 Å². The topological polar surface area (TPSA) is 47.6 Å². The molecule has 25 heavy (non-hydrogen) atoms. The van der Waals surface area contributed by atoms with Gasteiger partial charge in [0.25, 0.3) is 0 Å². The summed E-state index contributed by atoms with van der Waals surface area (Å²) in [5, 5.41) is 5.97. The molecule has 0 radical (unpaired) electrons. The summed E-state index contributed by atoms with van der Waals surface area (Å²) in [6.07, 6.45) is 0.557. The van der Waals surface area contributed by atoms with E-state index in [0.717, 1.165) is 52.4 Å². The average Bonchev–Trinajstić information content (AvgIpc) is 2.55. The summed E-state index contributed by atoms with van der Waals surface area (Å²) in [7, 11) is 1.86. The van der Waals surface area contributed by atoms with Crippen molar-refractivity contribution in [3.63, 3.8) is 0 Å². The van der Waals surface area contributed by atoms with Crippen LogP contribution in [0.2, 0.25) is 0 Å². The molecule has 1 saturated heterocycles. The molecule has 146 valence electrons. The summed E-state index contributed by atoms with van der Waals surface area (Å²) in [6.45, 7) is 7.84. The van der Waals surface area contributed by atoms with E-state index in [1.54, 1.807) is 0 Å². The van der Waals surface area contributed by atoms with Gasteiger partial charge in [0.15, 0.2) is 0 Å². The van der Waals surface area contributed by atoms with E-state index in [2.05, 4.69) is 50.8 Å². The van der Waals surface area contributed by atoms with Gasteiger partial charge in [0, 0.05) is 58.8 Å². The van der Waals surface area contributed by atoms with Crippen LogP contribution in [0.15, 0.2) is 30.3 Å². The van der Waals surface area contributed by atoms with Gasteiger partial charge in [0.1, 0.15) is 0 Å². The number of benzene rings is 1. The Morgan fingerprint density at radius 2 is 1.56 bits per heavy atom. The number of piperazine rings is 1. The van der Waals surface area contributed by atoms with E-state index >= 15 is 0 Å². The van der Waals surface area contributed by atoms with Gasteiger partial charge in [-0.15, -0.1) is 37.2 Å². The zero-order chi connectivity index (χ0) is 15.6. The minimum Gasteiger partial charge on any atom is -0.355 e. The van der Waals surface area contributed by atoms with Crippen LogP contribution < -0.4 is 10.6 Å². The van der Waals surface area contributed by atoms with Crippen LogP contribution in [-0.4, -0.2) is 68.6 Å². The van der Waals surface area contributed by atoms with Gasteiger partial charge in [0.05, 0.1) is 0 Å². The summed E-state index contributed by atoms with van der Waals surface area (Å²) < 4.78 is 0. The molecule has 0 unspecified atom stereocenters. The second-order valence-electron chi connectivity index (χ2n) is 5.81. The standard InChI is InChI=1S/C17H28N4O.3ClH/c1-18-8-7-17(22)19-9-10-20-11-13-21(14-12-20)15-16-5-3-2-4-6-16;;;/h2-6,18H,7-15H2,1H3,(H,19,22);3*1H. The first-order valence-electron chi connectivity index (χ1n) is 8.18. The first-order valence-corrected chi connectivity index (χ1v) is 8.18. The minimum absolute atomic E-state index is 0. The van der Waals surface area contributed by atoms with Crippen molar-refractivity contribution in [2.45, 2.75) is 13.0 Å². The molecule has 5 nitrogen and oxygen atoms in total. The molecule has 0 atom stereocenters.